The lowest BCUT2D eigenvalue weighted by molar-refractivity contribution is 0.601. The Morgan fingerprint density at radius 1 is 1.53 bits per heavy atom. The maximum Gasteiger partial charge on any atom is 0.155 e. The molecule has 90 valence electrons. The summed E-state index contributed by atoms with van der Waals surface area (Å²) in [5, 5.41) is 9.16. The fourth-order valence-electron chi connectivity index (χ4n) is 2.69. The molecule has 1 aliphatic rings. The van der Waals surface area contributed by atoms with Crippen molar-refractivity contribution in [3.8, 4) is 0 Å². The van der Waals surface area contributed by atoms with E-state index in [2.05, 4.69) is 11.9 Å². The van der Waals surface area contributed by atoms with Gasteiger partial charge >= 0.3 is 0 Å². The highest BCUT2D eigenvalue weighted by Crippen LogP contribution is 2.39. The molecule has 3 N–H and O–H groups in total. The standard InChI is InChI=1S/C12H16N4S/c1-6-4-3-5-8-9(6)10-11(13)16(14)7(2)15-12(10)17-8/h6,13H,3-5,14H2,1-2H3/t6-/m1/s1. The van der Waals surface area contributed by atoms with E-state index in [-0.39, 0.29) is 0 Å². The SMILES string of the molecule is Cc1nc2sc3c(c2c(=N)n1N)[C@H](C)CCC3. The Hall–Kier alpha value is -1.36. The average molecular weight is 248 g/mol. The van der Waals surface area contributed by atoms with Gasteiger partial charge in [-0.05, 0) is 37.7 Å². The summed E-state index contributed by atoms with van der Waals surface area (Å²) in [5.74, 6) is 7.09. The first-order valence-corrected chi connectivity index (χ1v) is 6.76. The summed E-state index contributed by atoms with van der Waals surface area (Å²) in [5.41, 5.74) is 1.73. The lowest BCUT2D eigenvalue weighted by Gasteiger charge is -2.18. The second-order valence-electron chi connectivity index (χ2n) is 4.79. The number of nitrogens with one attached hydrogen (secondary N) is 1. The van der Waals surface area contributed by atoms with Gasteiger partial charge in [-0.25, -0.2) is 9.66 Å². The molecule has 0 spiro atoms. The number of hydrogen-bond acceptors (Lipinski definition) is 4. The Morgan fingerprint density at radius 2 is 2.29 bits per heavy atom. The Morgan fingerprint density at radius 3 is 3.06 bits per heavy atom. The molecule has 0 aromatic carbocycles. The number of aryl methyl sites for hydroxylation is 2. The highest BCUT2D eigenvalue weighted by Gasteiger charge is 2.24. The van der Waals surface area contributed by atoms with Crippen LogP contribution in [0.4, 0.5) is 0 Å². The number of rotatable bonds is 0. The van der Waals surface area contributed by atoms with Crippen LogP contribution in [0, 0.1) is 12.3 Å². The third-order valence-electron chi connectivity index (χ3n) is 3.63. The van der Waals surface area contributed by atoms with Crippen LogP contribution in [0.15, 0.2) is 0 Å². The van der Waals surface area contributed by atoms with Crippen molar-refractivity contribution in [3.05, 3.63) is 21.8 Å². The van der Waals surface area contributed by atoms with E-state index in [0.717, 1.165) is 16.6 Å². The van der Waals surface area contributed by atoms with E-state index in [1.165, 1.54) is 28.0 Å². The molecule has 0 saturated heterocycles. The molecular weight excluding hydrogens is 232 g/mol. The van der Waals surface area contributed by atoms with Crippen LogP contribution in [0.2, 0.25) is 0 Å². The summed E-state index contributed by atoms with van der Waals surface area (Å²) < 4.78 is 1.39. The molecule has 17 heavy (non-hydrogen) atoms. The number of nitrogens with two attached hydrogens (primary N) is 1. The van der Waals surface area contributed by atoms with Gasteiger partial charge in [-0.3, -0.25) is 5.41 Å². The van der Waals surface area contributed by atoms with Gasteiger partial charge in [0.2, 0.25) is 0 Å². The normalized spacial score (nSPS) is 19.5. The minimum Gasteiger partial charge on any atom is -0.336 e. The van der Waals surface area contributed by atoms with Crippen LogP contribution < -0.4 is 11.3 Å². The van der Waals surface area contributed by atoms with Gasteiger partial charge in [0.1, 0.15) is 10.7 Å². The Labute approximate surface area is 104 Å². The van der Waals surface area contributed by atoms with Crippen molar-refractivity contribution in [2.75, 3.05) is 5.84 Å². The number of hydrogen-bond donors (Lipinski definition) is 2. The first-order chi connectivity index (χ1) is 8.09. The van der Waals surface area contributed by atoms with Crippen LogP contribution in [0.25, 0.3) is 10.2 Å². The maximum absolute atomic E-state index is 8.18. The average Bonchev–Trinajstić information content (AvgIpc) is 2.65. The van der Waals surface area contributed by atoms with Gasteiger partial charge in [0, 0.05) is 4.88 Å². The third kappa shape index (κ3) is 1.42. The van der Waals surface area contributed by atoms with E-state index in [1.54, 1.807) is 11.3 Å². The number of aromatic nitrogens is 2. The van der Waals surface area contributed by atoms with Gasteiger partial charge in [-0.2, -0.15) is 0 Å². The fraction of sp³-hybridized carbons (Fsp3) is 0.500. The van der Waals surface area contributed by atoms with Gasteiger partial charge in [-0.15, -0.1) is 11.3 Å². The van der Waals surface area contributed by atoms with Gasteiger partial charge in [0.25, 0.3) is 0 Å². The summed E-state index contributed by atoms with van der Waals surface area (Å²) in [7, 11) is 0. The molecule has 0 radical (unpaired) electrons. The molecule has 0 amide bonds. The summed E-state index contributed by atoms with van der Waals surface area (Å²) in [4.78, 5) is 6.90. The second kappa shape index (κ2) is 3.57. The predicted molar refractivity (Wildman–Crippen MR) is 69.7 cm³/mol. The van der Waals surface area contributed by atoms with Crippen molar-refractivity contribution in [2.45, 2.75) is 39.0 Å². The van der Waals surface area contributed by atoms with Crippen LogP contribution in [-0.4, -0.2) is 9.66 Å². The van der Waals surface area contributed by atoms with E-state index < -0.39 is 0 Å². The van der Waals surface area contributed by atoms with Crippen molar-refractivity contribution >= 4 is 21.6 Å². The molecule has 5 heteroatoms. The largest absolute Gasteiger partial charge is 0.336 e. The van der Waals surface area contributed by atoms with Gasteiger partial charge < -0.3 is 5.84 Å². The molecule has 0 aliphatic heterocycles. The number of thiophene rings is 1. The van der Waals surface area contributed by atoms with Crippen molar-refractivity contribution in [2.24, 2.45) is 0 Å². The summed E-state index contributed by atoms with van der Waals surface area (Å²) in [6.45, 7) is 4.09. The molecule has 0 saturated carbocycles. The summed E-state index contributed by atoms with van der Waals surface area (Å²) >= 11 is 1.74. The van der Waals surface area contributed by atoms with E-state index in [1.807, 2.05) is 6.92 Å². The zero-order valence-electron chi connectivity index (χ0n) is 10.1. The van der Waals surface area contributed by atoms with Crippen molar-refractivity contribution < 1.29 is 0 Å². The van der Waals surface area contributed by atoms with Gasteiger partial charge in [0.05, 0.1) is 5.39 Å². The number of nitrogens with zero attached hydrogens (tertiary/aromatic N) is 2. The highest BCUT2D eigenvalue weighted by atomic mass is 32.1. The molecule has 0 fully saturated rings. The molecule has 0 unspecified atom stereocenters. The van der Waals surface area contributed by atoms with Crippen LogP contribution in [0.5, 0.6) is 0 Å². The van der Waals surface area contributed by atoms with E-state index in [0.29, 0.717) is 17.2 Å². The molecule has 1 atom stereocenters. The van der Waals surface area contributed by atoms with Crippen molar-refractivity contribution in [1.82, 2.24) is 9.66 Å². The quantitative estimate of drug-likeness (QED) is 0.701. The molecule has 2 heterocycles. The molecule has 0 bridgehead atoms. The molecule has 1 aliphatic carbocycles. The first kappa shape index (κ1) is 10.8. The Kier molecular flexibility index (Phi) is 2.26. The third-order valence-corrected chi connectivity index (χ3v) is 4.79. The van der Waals surface area contributed by atoms with Crippen molar-refractivity contribution in [3.63, 3.8) is 0 Å². The highest BCUT2D eigenvalue weighted by molar-refractivity contribution is 7.18. The molecule has 2 aromatic rings. The van der Waals surface area contributed by atoms with E-state index in [4.69, 9.17) is 11.3 Å². The zero-order valence-corrected chi connectivity index (χ0v) is 10.9. The topological polar surface area (TPSA) is 67.7 Å². The summed E-state index contributed by atoms with van der Waals surface area (Å²) in [6.07, 6.45) is 3.58. The van der Waals surface area contributed by atoms with Gasteiger partial charge in [-0.1, -0.05) is 6.92 Å². The monoisotopic (exact) mass is 248 g/mol. The van der Waals surface area contributed by atoms with Crippen molar-refractivity contribution in [1.29, 1.82) is 5.41 Å². The molecular formula is C12H16N4S. The Bertz CT molecular complexity index is 653. The van der Waals surface area contributed by atoms with Crippen LogP contribution in [0.3, 0.4) is 0 Å². The van der Waals surface area contributed by atoms with Gasteiger partial charge in [0.15, 0.2) is 5.49 Å². The van der Waals surface area contributed by atoms with Crippen LogP contribution in [0.1, 0.15) is 41.9 Å². The second-order valence-corrected chi connectivity index (χ2v) is 5.87. The maximum atomic E-state index is 8.18. The first-order valence-electron chi connectivity index (χ1n) is 5.94. The minimum absolute atomic E-state index is 0.402. The Balaban J connectivity index is 2.46. The van der Waals surface area contributed by atoms with E-state index >= 15 is 0 Å². The van der Waals surface area contributed by atoms with E-state index in [9.17, 15) is 0 Å². The molecule has 4 nitrogen and oxygen atoms in total. The minimum atomic E-state index is 0.402. The number of nitrogen functional groups attached to an aromatic ring is 1. The molecule has 2 aromatic heterocycles. The van der Waals surface area contributed by atoms with Crippen LogP contribution in [-0.2, 0) is 6.42 Å². The zero-order chi connectivity index (χ0) is 12.2. The van der Waals surface area contributed by atoms with Crippen LogP contribution >= 0.6 is 11.3 Å². The smallest absolute Gasteiger partial charge is 0.155 e. The molecule has 3 rings (SSSR count). The lowest BCUT2D eigenvalue weighted by atomic mass is 9.88. The predicted octanol–water partition coefficient (Wildman–Crippen LogP) is 2.04. The fourth-order valence-corrected chi connectivity index (χ4v) is 4.07. The number of fused-ring (bicyclic) bond motifs is 3. The lowest BCUT2D eigenvalue weighted by Crippen LogP contribution is -2.30. The summed E-state index contributed by atoms with van der Waals surface area (Å²) in [6, 6.07) is 0.